The second-order valence-corrected chi connectivity index (χ2v) is 3.48. The van der Waals surface area contributed by atoms with E-state index in [2.05, 4.69) is 0 Å². The highest BCUT2D eigenvalue weighted by atomic mass is 35.5. The van der Waals surface area contributed by atoms with Gasteiger partial charge in [0.2, 0.25) is 0 Å². The minimum absolute atomic E-state index is 0.0743. The van der Waals surface area contributed by atoms with Crippen molar-refractivity contribution in [3.63, 3.8) is 0 Å². The van der Waals surface area contributed by atoms with Gasteiger partial charge in [-0.15, -0.1) is 0 Å². The molecule has 1 aromatic carbocycles. The average molecular weight is 204 g/mol. The van der Waals surface area contributed by atoms with E-state index in [0.717, 1.165) is 5.56 Å². The second-order valence-electron chi connectivity index (χ2n) is 2.70. The lowest BCUT2D eigenvalue weighted by molar-refractivity contribution is 0.333. The third kappa shape index (κ3) is 1.07. The molecule has 0 aliphatic carbocycles. The third-order valence-electron chi connectivity index (χ3n) is 1.89. The summed E-state index contributed by atoms with van der Waals surface area (Å²) in [6.45, 7) is 0.482. The first kappa shape index (κ1) is 8.17. The van der Waals surface area contributed by atoms with Gasteiger partial charge in [-0.1, -0.05) is 29.3 Å². The first-order chi connectivity index (χ1) is 5.70. The van der Waals surface area contributed by atoms with E-state index in [1.54, 1.807) is 6.07 Å². The average Bonchev–Trinajstić information content (AvgIpc) is 2.41. The minimum atomic E-state index is -0.0743. The van der Waals surface area contributed by atoms with Gasteiger partial charge in [0, 0.05) is 5.56 Å². The smallest absolute Gasteiger partial charge is 0.144 e. The molecule has 1 unspecified atom stereocenters. The summed E-state index contributed by atoms with van der Waals surface area (Å²) in [5.41, 5.74) is 6.67. The van der Waals surface area contributed by atoms with Crippen molar-refractivity contribution in [1.29, 1.82) is 0 Å². The van der Waals surface area contributed by atoms with Crippen molar-refractivity contribution >= 4 is 23.2 Å². The van der Waals surface area contributed by atoms with E-state index >= 15 is 0 Å². The molecule has 64 valence electrons. The summed E-state index contributed by atoms with van der Waals surface area (Å²) in [5.74, 6) is 0.636. The van der Waals surface area contributed by atoms with Crippen LogP contribution in [0.25, 0.3) is 0 Å². The minimum Gasteiger partial charge on any atom is -0.490 e. The number of nitrogens with two attached hydrogens (primary N) is 1. The molecular weight excluding hydrogens is 197 g/mol. The molecule has 0 bridgehead atoms. The van der Waals surface area contributed by atoms with Crippen molar-refractivity contribution < 1.29 is 4.74 Å². The fraction of sp³-hybridized carbons (Fsp3) is 0.250. The molecule has 0 aromatic heterocycles. The maximum absolute atomic E-state index is 5.89. The van der Waals surface area contributed by atoms with Crippen LogP contribution in [0.15, 0.2) is 12.1 Å². The summed E-state index contributed by atoms with van der Waals surface area (Å²) >= 11 is 11.7. The second kappa shape index (κ2) is 2.80. The van der Waals surface area contributed by atoms with Crippen molar-refractivity contribution in [3.05, 3.63) is 27.7 Å². The van der Waals surface area contributed by atoms with E-state index in [1.807, 2.05) is 6.07 Å². The van der Waals surface area contributed by atoms with Crippen LogP contribution >= 0.6 is 23.2 Å². The van der Waals surface area contributed by atoms with Gasteiger partial charge in [-0.3, -0.25) is 0 Å². The Morgan fingerprint density at radius 3 is 2.92 bits per heavy atom. The zero-order chi connectivity index (χ0) is 8.72. The van der Waals surface area contributed by atoms with E-state index in [1.165, 1.54) is 0 Å². The maximum atomic E-state index is 5.89. The number of ether oxygens (including phenoxy) is 1. The van der Waals surface area contributed by atoms with Crippen LogP contribution in [0.2, 0.25) is 10.0 Å². The largest absolute Gasteiger partial charge is 0.490 e. The first-order valence-electron chi connectivity index (χ1n) is 3.56. The standard InChI is InChI=1S/C8H7Cl2NO/c9-5-2-1-4-6(11)3-12-8(4)7(5)10/h1-2,6H,3,11H2. The van der Waals surface area contributed by atoms with Crippen molar-refractivity contribution in [2.24, 2.45) is 5.73 Å². The maximum Gasteiger partial charge on any atom is 0.144 e. The van der Waals surface area contributed by atoms with Crippen LogP contribution in [0.3, 0.4) is 0 Å². The number of halogens is 2. The van der Waals surface area contributed by atoms with E-state index in [0.29, 0.717) is 22.4 Å². The van der Waals surface area contributed by atoms with Gasteiger partial charge >= 0.3 is 0 Å². The van der Waals surface area contributed by atoms with Gasteiger partial charge in [-0.25, -0.2) is 0 Å². The molecule has 4 heteroatoms. The number of hydrogen-bond donors (Lipinski definition) is 1. The van der Waals surface area contributed by atoms with Gasteiger partial charge in [0.1, 0.15) is 17.4 Å². The number of hydrogen-bond acceptors (Lipinski definition) is 2. The molecule has 1 aromatic rings. The lowest BCUT2D eigenvalue weighted by atomic mass is 10.1. The van der Waals surface area contributed by atoms with E-state index in [9.17, 15) is 0 Å². The Kier molecular flexibility index (Phi) is 1.91. The monoisotopic (exact) mass is 203 g/mol. The molecule has 1 aliphatic rings. The first-order valence-corrected chi connectivity index (χ1v) is 4.32. The van der Waals surface area contributed by atoms with Crippen LogP contribution in [0.5, 0.6) is 5.75 Å². The highest BCUT2D eigenvalue weighted by molar-refractivity contribution is 6.43. The quantitative estimate of drug-likeness (QED) is 0.704. The number of rotatable bonds is 0. The molecule has 0 spiro atoms. The van der Waals surface area contributed by atoms with Crippen LogP contribution in [0.4, 0.5) is 0 Å². The molecule has 1 heterocycles. The van der Waals surface area contributed by atoms with Crippen molar-refractivity contribution in [2.45, 2.75) is 6.04 Å². The van der Waals surface area contributed by atoms with Gasteiger partial charge < -0.3 is 10.5 Å². The number of fused-ring (bicyclic) bond motifs is 1. The molecule has 12 heavy (non-hydrogen) atoms. The molecule has 0 amide bonds. The van der Waals surface area contributed by atoms with Gasteiger partial charge in [-0.05, 0) is 6.07 Å². The molecule has 2 N–H and O–H groups in total. The summed E-state index contributed by atoms with van der Waals surface area (Å²) in [6.07, 6.45) is 0. The molecule has 1 aliphatic heterocycles. The molecule has 0 radical (unpaired) electrons. The molecule has 2 nitrogen and oxygen atoms in total. The van der Waals surface area contributed by atoms with E-state index in [4.69, 9.17) is 33.7 Å². The molecule has 0 fully saturated rings. The van der Waals surface area contributed by atoms with E-state index < -0.39 is 0 Å². The molecule has 0 saturated heterocycles. The summed E-state index contributed by atoms with van der Waals surface area (Å²) < 4.78 is 5.28. The van der Waals surface area contributed by atoms with Crippen molar-refractivity contribution in [3.8, 4) is 5.75 Å². The fourth-order valence-corrected chi connectivity index (χ4v) is 1.62. The predicted octanol–water partition coefficient (Wildman–Crippen LogP) is 2.39. The predicted molar refractivity (Wildman–Crippen MR) is 48.9 cm³/mol. The Morgan fingerprint density at radius 1 is 1.42 bits per heavy atom. The van der Waals surface area contributed by atoms with Gasteiger partial charge in [0.25, 0.3) is 0 Å². The Labute approximate surface area is 80.2 Å². The highest BCUT2D eigenvalue weighted by Gasteiger charge is 2.23. The zero-order valence-corrected chi connectivity index (χ0v) is 7.69. The Bertz CT molecular complexity index is 327. The number of benzene rings is 1. The molecular formula is C8H7Cl2NO. The molecule has 0 saturated carbocycles. The third-order valence-corrected chi connectivity index (χ3v) is 2.67. The van der Waals surface area contributed by atoms with Crippen LogP contribution in [-0.2, 0) is 0 Å². The van der Waals surface area contributed by atoms with Crippen molar-refractivity contribution in [2.75, 3.05) is 6.61 Å². The van der Waals surface area contributed by atoms with Crippen LogP contribution < -0.4 is 10.5 Å². The van der Waals surface area contributed by atoms with Crippen LogP contribution in [0.1, 0.15) is 11.6 Å². The lowest BCUT2D eigenvalue weighted by Crippen LogP contribution is -2.10. The summed E-state index contributed by atoms with van der Waals surface area (Å²) in [4.78, 5) is 0. The Hall–Kier alpha value is -0.440. The van der Waals surface area contributed by atoms with Crippen LogP contribution in [-0.4, -0.2) is 6.61 Å². The zero-order valence-electron chi connectivity index (χ0n) is 6.18. The topological polar surface area (TPSA) is 35.2 Å². The molecule has 1 atom stereocenters. The van der Waals surface area contributed by atoms with Gasteiger partial charge in [0.15, 0.2) is 0 Å². The summed E-state index contributed by atoms with van der Waals surface area (Å²) in [6, 6.07) is 3.51. The van der Waals surface area contributed by atoms with Crippen LogP contribution in [0, 0.1) is 0 Å². The SMILES string of the molecule is NC1COc2c1ccc(Cl)c2Cl. The fourth-order valence-electron chi connectivity index (χ4n) is 1.25. The summed E-state index contributed by atoms with van der Waals surface area (Å²) in [5, 5.41) is 0.964. The Morgan fingerprint density at radius 2 is 2.17 bits per heavy atom. The normalized spacial score (nSPS) is 20.4. The highest BCUT2D eigenvalue weighted by Crippen LogP contribution is 2.41. The lowest BCUT2D eigenvalue weighted by Gasteiger charge is -2.03. The van der Waals surface area contributed by atoms with Gasteiger partial charge in [-0.2, -0.15) is 0 Å². The van der Waals surface area contributed by atoms with E-state index in [-0.39, 0.29) is 6.04 Å². The van der Waals surface area contributed by atoms with Gasteiger partial charge in [0.05, 0.1) is 11.1 Å². The Balaban J connectivity index is 2.60. The molecule has 2 rings (SSSR count). The van der Waals surface area contributed by atoms with Crippen molar-refractivity contribution in [1.82, 2.24) is 0 Å². The summed E-state index contributed by atoms with van der Waals surface area (Å²) in [7, 11) is 0.